The average molecular weight is 260 g/mol. The standard InChI is InChI=1S/C14H20N4O/c1-3-13-16-14(4-2)18(17-13)9-10-19-12-8-6-5-7-11(12)15/h5-8H,3-4,9-10,15H2,1-2H3. The summed E-state index contributed by atoms with van der Waals surface area (Å²) in [5.41, 5.74) is 6.48. The SMILES string of the molecule is CCc1nc(CC)n(CCOc2ccccc2N)n1. The number of rotatable bonds is 6. The fourth-order valence-corrected chi connectivity index (χ4v) is 1.87. The van der Waals surface area contributed by atoms with Crippen LogP contribution in [0.2, 0.25) is 0 Å². The molecule has 1 aromatic heterocycles. The van der Waals surface area contributed by atoms with Gasteiger partial charge in [-0.25, -0.2) is 9.67 Å². The largest absolute Gasteiger partial charge is 0.489 e. The summed E-state index contributed by atoms with van der Waals surface area (Å²) in [5, 5.41) is 4.45. The molecule has 1 aromatic carbocycles. The number of aromatic nitrogens is 3. The molecule has 0 atom stereocenters. The van der Waals surface area contributed by atoms with Crippen molar-refractivity contribution in [3.8, 4) is 5.75 Å². The van der Waals surface area contributed by atoms with Gasteiger partial charge in [0.15, 0.2) is 5.82 Å². The number of nitrogens with zero attached hydrogens (tertiary/aromatic N) is 3. The minimum atomic E-state index is 0.535. The van der Waals surface area contributed by atoms with Crippen LogP contribution in [0.5, 0.6) is 5.75 Å². The topological polar surface area (TPSA) is 66.0 Å². The summed E-state index contributed by atoms with van der Waals surface area (Å²) in [5.74, 6) is 2.61. The quantitative estimate of drug-likeness (QED) is 0.807. The summed E-state index contributed by atoms with van der Waals surface area (Å²) < 4.78 is 7.58. The van der Waals surface area contributed by atoms with Gasteiger partial charge in [-0.2, -0.15) is 5.10 Å². The maximum atomic E-state index is 5.82. The second kappa shape index (κ2) is 6.22. The molecule has 5 heteroatoms. The van der Waals surface area contributed by atoms with E-state index in [0.717, 1.165) is 30.2 Å². The van der Waals surface area contributed by atoms with Crippen LogP contribution in [0.1, 0.15) is 25.5 Å². The third kappa shape index (κ3) is 3.24. The Hall–Kier alpha value is -2.04. The van der Waals surface area contributed by atoms with E-state index in [2.05, 4.69) is 23.9 Å². The van der Waals surface area contributed by atoms with Crippen LogP contribution in [0, 0.1) is 0 Å². The molecule has 0 aliphatic heterocycles. The molecule has 0 saturated carbocycles. The van der Waals surface area contributed by atoms with Crippen LogP contribution in [0.15, 0.2) is 24.3 Å². The maximum absolute atomic E-state index is 5.82. The molecule has 0 saturated heterocycles. The van der Waals surface area contributed by atoms with Gasteiger partial charge in [-0.05, 0) is 12.1 Å². The number of nitrogen functional groups attached to an aromatic ring is 1. The number of ether oxygens (including phenoxy) is 1. The molecule has 0 spiro atoms. The highest BCUT2D eigenvalue weighted by Crippen LogP contribution is 2.19. The minimum absolute atomic E-state index is 0.535. The van der Waals surface area contributed by atoms with Gasteiger partial charge in [-0.1, -0.05) is 26.0 Å². The van der Waals surface area contributed by atoms with Gasteiger partial charge in [0, 0.05) is 12.8 Å². The number of hydrogen-bond donors (Lipinski definition) is 1. The Morgan fingerprint density at radius 1 is 1.21 bits per heavy atom. The number of aryl methyl sites for hydroxylation is 2. The summed E-state index contributed by atoms with van der Waals surface area (Å²) in [6, 6.07) is 7.50. The molecule has 2 aromatic rings. The molecule has 0 radical (unpaired) electrons. The van der Waals surface area contributed by atoms with E-state index in [1.54, 1.807) is 0 Å². The van der Waals surface area contributed by atoms with Crippen LogP contribution in [0.25, 0.3) is 0 Å². The van der Waals surface area contributed by atoms with Crippen molar-refractivity contribution in [2.45, 2.75) is 33.2 Å². The molecular weight excluding hydrogens is 240 g/mol. The first-order chi connectivity index (χ1) is 9.24. The lowest BCUT2D eigenvalue weighted by Crippen LogP contribution is -2.12. The van der Waals surface area contributed by atoms with Crippen LogP contribution >= 0.6 is 0 Å². The summed E-state index contributed by atoms with van der Waals surface area (Å²) in [7, 11) is 0. The second-order valence-corrected chi connectivity index (χ2v) is 4.26. The average Bonchev–Trinajstić information content (AvgIpc) is 2.83. The zero-order chi connectivity index (χ0) is 13.7. The molecule has 0 fully saturated rings. The zero-order valence-electron chi connectivity index (χ0n) is 11.5. The van der Waals surface area contributed by atoms with Gasteiger partial charge in [0.05, 0.1) is 12.2 Å². The molecule has 2 N–H and O–H groups in total. The van der Waals surface area contributed by atoms with Gasteiger partial charge in [0.25, 0.3) is 0 Å². The highest BCUT2D eigenvalue weighted by atomic mass is 16.5. The first kappa shape index (κ1) is 13.4. The fourth-order valence-electron chi connectivity index (χ4n) is 1.87. The van der Waals surface area contributed by atoms with Crippen LogP contribution in [0.3, 0.4) is 0 Å². The number of para-hydroxylation sites is 2. The summed E-state index contributed by atoms with van der Waals surface area (Å²) in [4.78, 5) is 4.46. The van der Waals surface area contributed by atoms with E-state index < -0.39 is 0 Å². The van der Waals surface area contributed by atoms with Crippen LogP contribution in [0.4, 0.5) is 5.69 Å². The normalized spacial score (nSPS) is 10.6. The third-order valence-corrected chi connectivity index (χ3v) is 2.90. The summed E-state index contributed by atoms with van der Waals surface area (Å²) in [6.07, 6.45) is 1.73. The van der Waals surface area contributed by atoms with E-state index in [1.807, 2.05) is 28.9 Å². The van der Waals surface area contributed by atoms with Crippen molar-refractivity contribution in [2.24, 2.45) is 0 Å². The van der Waals surface area contributed by atoms with Crippen molar-refractivity contribution in [2.75, 3.05) is 12.3 Å². The molecule has 0 bridgehead atoms. The Morgan fingerprint density at radius 3 is 2.68 bits per heavy atom. The lowest BCUT2D eigenvalue weighted by Gasteiger charge is -2.09. The molecule has 102 valence electrons. The lowest BCUT2D eigenvalue weighted by molar-refractivity contribution is 0.290. The van der Waals surface area contributed by atoms with Gasteiger partial charge >= 0.3 is 0 Å². The molecule has 0 aliphatic carbocycles. The predicted molar refractivity (Wildman–Crippen MR) is 75.1 cm³/mol. The molecule has 0 unspecified atom stereocenters. The third-order valence-electron chi connectivity index (χ3n) is 2.90. The number of nitrogens with two attached hydrogens (primary N) is 1. The van der Waals surface area contributed by atoms with Gasteiger partial charge in [0.2, 0.25) is 0 Å². The molecule has 1 heterocycles. The van der Waals surface area contributed by atoms with Crippen molar-refractivity contribution in [1.29, 1.82) is 0 Å². The Bertz CT molecular complexity index is 536. The lowest BCUT2D eigenvalue weighted by atomic mass is 10.3. The number of anilines is 1. The van der Waals surface area contributed by atoms with Crippen LogP contribution in [-0.2, 0) is 19.4 Å². The van der Waals surface area contributed by atoms with E-state index in [-0.39, 0.29) is 0 Å². The highest BCUT2D eigenvalue weighted by molar-refractivity contribution is 5.51. The molecule has 0 aliphatic rings. The summed E-state index contributed by atoms with van der Waals surface area (Å²) >= 11 is 0. The summed E-state index contributed by atoms with van der Waals surface area (Å²) in [6.45, 7) is 5.36. The van der Waals surface area contributed by atoms with E-state index in [9.17, 15) is 0 Å². The van der Waals surface area contributed by atoms with E-state index in [0.29, 0.717) is 18.8 Å². The first-order valence-corrected chi connectivity index (χ1v) is 6.64. The Balaban J connectivity index is 1.96. The van der Waals surface area contributed by atoms with E-state index in [4.69, 9.17) is 10.5 Å². The zero-order valence-corrected chi connectivity index (χ0v) is 11.5. The smallest absolute Gasteiger partial charge is 0.150 e. The van der Waals surface area contributed by atoms with E-state index >= 15 is 0 Å². The number of hydrogen-bond acceptors (Lipinski definition) is 4. The Labute approximate surface area is 113 Å². The monoisotopic (exact) mass is 260 g/mol. The first-order valence-electron chi connectivity index (χ1n) is 6.64. The van der Waals surface area contributed by atoms with Gasteiger partial charge in [-0.15, -0.1) is 0 Å². The molecule has 2 rings (SSSR count). The van der Waals surface area contributed by atoms with Crippen molar-refractivity contribution in [3.05, 3.63) is 35.9 Å². The second-order valence-electron chi connectivity index (χ2n) is 4.26. The van der Waals surface area contributed by atoms with Crippen LogP contribution < -0.4 is 10.5 Å². The molecular formula is C14H20N4O. The van der Waals surface area contributed by atoms with Gasteiger partial charge < -0.3 is 10.5 Å². The predicted octanol–water partition coefficient (Wildman–Crippen LogP) is 2.06. The molecule has 19 heavy (non-hydrogen) atoms. The van der Waals surface area contributed by atoms with Crippen LogP contribution in [-0.4, -0.2) is 21.4 Å². The van der Waals surface area contributed by atoms with Crippen molar-refractivity contribution < 1.29 is 4.74 Å². The Morgan fingerprint density at radius 2 is 2.00 bits per heavy atom. The van der Waals surface area contributed by atoms with E-state index in [1.165, 1.54) is 0 Å². The van der Waals surface area contributed by atoms with Crippen molar-refractivity contribution >= 4 is 5.69 Å². The maximum Gasteiger partial charge on any atom is 0.150 e. The fraction of sp³-hybridized carbons (Fsp3) is 0.429. The molecule has 0 amide bonds. The molecule has 5 nitrogen and oxygen atoms in total. The highest BCUT2D eigenvalue weighted by Gasteiger charge is 2.07. The number of benzene rings is 1. The van der Waals surface area contributed by atoms with Crippen molar-refractivity contribution in [1.82, 2.24) is 14.8 Å². The Kier molecular flexibility index (Phi) is 4.39. The van der Waals surface area contributed by atoms with Gasteiger partial charge in [0.1, 0.15) is 18.2 Å². The van der Waals surface area contributed by atoms with Crippen molar-refractivity contribution in [3.63, 3.8) is 0 Å². The van der Waals surface area contributed by atoms with Gasteiger partial charge in [-0.3, -0.25) is 0 Å². The minimum Gasteiger partial charge on any atom is -0.489 e.